The van der Waals surface area contributed by atoms with E-state index in [1.54, 1.807) is 6.08 Å². The zero-order chi connectivity index (χ0) is 17.7. The van der Waals surface area contributed by atoms with E-state index < -0.39 is 17.6 Å². The normalized spacial score (nSPS) is 11.9. The summed E-state index contributed by atoms with van der Waals surface area (Å²) in [5.74, 6) is -0.0607. The van der Waals surface area contributed by atoms with Crippen molar-refractivity contribution in [2.45, 2.75) is 25.9 Å². The number of benzene rings is 2. The molecule has 0 bridgehead atoms. The third-order valence-corrected chi connectivity index (χ3v) is 3.49. The van der Waals surface area contributed by atoms with Crippen LogP contribution in [-0.2, 0) is 11.0 Å². The average Bonchev–Trinajstić information content (AvgIpc) is 2.53. The average molecular weight is 333 g/mol. The summed E-state index contributed by atoms with van der Waals surface area (Å²) < 4.78 is 37.9. The third-order valence-electron chi connectivity index (χ3n) is 3.49. The van der Waals surface area contributed by atoms with Crippen LogP contribution in [0.2, 0.25) is 0 Å². The lowest BCUT2D eigenvalue weighted by Gasteiger charge is -2.08. The second-order valence-electron chi connectivity index (χ2n) is 5.72. The van der Waals surface area contributed by atoms with Gasteiger partial charge in [0.15, 0.2) is 0 Å². The van der Waals surface area contributed by atoms with Gasteiger partial charge in [-0.25, -0.2) is 0 Å². The molecule has 2 aromatic carbocycles. The predicted octanol–water partition coefficient (Wildman–Crippen LogP) is 5.48. The lowest BCUT2D eigenvalue weighted by Crippen LogP contribution is -2.10. The van der Waals surface area contributed by atoms with Gasteiger partial charge in [-0.2, -0.15) is 13.2 Å². The molecule has 2 aromatic rings. The highest BCUT2D eigenvalue weighted by molar-refractivity contribution is 6.01. The van der Waals surface area contributed by atoms with Crippen molar-refractivity contribution >= 4 is 17.7 Å². The molecular formula is C19H18F3NO. The Morgan fingerprint density at radius 2 is 1.75 bits per heavy atom. The second kappa shape index (κ2) is 7.34. The first-order valence-electron chi connectivity index (χ1n) is 7.52. The summed E-state index contributed by atoms with van der Waals surface area (Å²) in [6, 6.07) is 12.3. The summed E-state index contributed by atoms with van der Waals surface area (Å²) in [6.45, 7) is 4.18. The third kappa shape index (κ3) is 4.98. The number of halogens is 3. The number of anilines is 1. The van der Waals surface area contributed by atoms with Gasteiger partial charge in [0.1, 0.15) is 0 Å². The largest absolute Gasteiger partial charge is 0.416 e. The number of carbonyl (C=O) groups is 1. The summed E-state index contributed by atoms with van der Waals surface area (Å²) in [6.07, 6.45) is -1.52. The summed E-state index contributed by atoms with van der Waals surface area (Å²) in [5.41, 5.74) is 1.35. The fourth-order valence-corrected chi connectivity index (χ4v) is 2.12. The van der Waals surface area contributed by atoms with E-state index in [0.29, 0.717) is 5.92 Å². The summed E-state index contributed by atoms with van der Waals surface area (Å²) in [7, 11) is 0. The van der Waals surface area contributed by atoms with Crippen molar-refractivity contribution in [3.63, 3.8) is 0 Å². The van der Waals surface area contributed by atoms with Crippen LogP contribution in [0.25, 0.3) is 6.08 Å². The van der Waals surface area contributed by atoms with Crippen LogP contribution in [0.5, 0.6) is 0 Å². The highest BCUT2D eigenvalue weighted by Gasteiger charge is 2.30. The van der Waals surface area contributed by atoms with Crippen LogP contribution in [0.1, 0.15) is 36.5 Å². The van der Waals surface area contributed by atoms with Crippen molar-refractivity contribution in [1.29, 1.82) is 0 Å². The van der Waals surface area contributed by atoms with Gasteiger partial charge in [0, 0.05) is 11.8 Å². The highest BCUT2D eigenvalue weighted by atomic mass is 19.4. The first-order valence-corrected chi connectivity index (χ1v) is 7.52. The molecule has 0 fully saturated rings. The minimum absolute atomic E-state index is 0.106. The molecule has 0 spiro atoms. The molecular weight excluding hydrogens is 315 g/mol. The first kappa shape index (κ1) is 17.8. The molecule has 2 rings (SSSR count). The summed E-state index contributed by atoms with van der Waals surface area (Å²) >= 11 is 0. The molecule has 0 radical (unpaired) electrons. The maximum atomic E-state index is 12.6. The van der Waals surface area contributed by atoms with Crippen LogP contribution in [-0.4, -0.2) is 5.91 Å². The van der Waals surface area contributed by atoms with E-state index in [1.165, 1.54) is 23.8 Å². The van der Waals surface area contributed by atoms with Crippen molar-refractivity contribution in [2.24, 2.45) is 0 Å². The molecule has 0 aliphatic heterocycles. The molecule has 0 unspecified atom stereocenters. The van der Waals surface area contributed by atoms with Crippen LogP contribution in [0, 0.1) is 0 Å². The van der Waals surface area contributed by atoms with Gasteiger partial charge >= 0.3 is 6.18 Å². The van der Waals surface area contributed by atoms with E-state index in [4.69, 9.17) is 0 Å². The van der Waals surface area contributed by atoms with E-state index in [1.807, 2.05) is 24.3 Å². The SMILES string of the molecule is CC(C)c1ccc(/C=C/C(=O)Nc2cccc(C(F)(F)F)c2)cc1. The van der Waals surface area contributed by atoms with Gasteiger partial charge in [-0.05, 0) is 41.3 Å². The molecule has 24 heavy (non-hydrogen) atoms. The van der Waals surface area contributed by atoms with Gasteiger partial charge < -0.3 is 5.32 Å². The number of hydrogen-bond donors (Lipinski definition) is 1. The van der Waals surface area contributed by atoms with Crippen LogP contribution in [0.4, 0.5) is 18.9 Å². The van der Waals surface area contributed by atoms with E-state index in [9.17, 15) is 18.0 Å². The Labute approximate surface area is 139 Å². The van der Waals surface area contributed by atoms with Gasteiger partial charge in [-0.3, -0.25) is 4.79 Å². The van der Waals surface area contributed by atoms with E-state index in [2.05, 4.69) is 19.2 Å². The lowest BCUT2D eigenvalue weighted by atomic mass is 10.0. The predicted molar refractivity (Wildman–Crippen MR) is 89.6 cm³/mol. The van der Waals surface area contributed by atoms with Crippen molar-refractivity contribution in [3.05, 3.63) is 71.3 Å². The molecule has 0 atom stereocenters. The van der Waals surface area contributed by atoms with E-state index in [0.717, 1.165) is 17.7 Å². The molecule has 0 aliphatic rings. The van der Waals surface area contributed by atoms with Crippen molar-refractivity contribution in [1.82, 2.24) is 0 Å². The molecule has 0 aliphatic carbocycles. The molecule has 5 heteroatoms. The van der Waals surface area contributed by atoms with E-state index in [-0.39, 0.29) is 5.69 Å². The first-order chi connectivity index (χ1) is 11.3. The number of hydrogen-bond acceptors (Lipinski definition) is 1. The molecule has 1 N–H and O–H groups in total. The monoisotopic (exact) mass is 333 g/mol. The minimum atomic E-state index is -4.44. The Morgan fingerprint density at radius 1 is 1.08 bits per heavy atom. The Hall–Kier alpha value is -2.56. The zero-order valence-corrected chi connectivity index (χ0v) is 13.4. The van der Waals surface area contributed by atoms with Crippen LogP contribution >= 0.6 is 0 Å². The Balaban J connectivity index is 2.02. The molecule has 0 saturated carbocycles. The van der Waals surface area contributed by atoms with Gasteiger partial charge in [0.25, 0.3) is 0 Å². The molecule has 0 saturated heterocycles. The number of amides is 1. The Bertz CT molecular complexity index is 731. The number of alkyl halides is 3. The van der Waals surface area contributed by atoms with Crippen LogP contribution in [0.15, 0.2) is 54.6 Å². The summed E-state index contributed by atoms with van der Waals surface area (Å²) in [5, 5.41) is 2.43. The maximum Gasteiger partial charge on any atom is 0.416 e. The maximum absolute atomic E-state index is 12.6. The fraction of sp³-hybridized carbons (Fsp3) is 0.211. The van der Waals surface area contributed by atoms with Gasteiger partial charge in [0.2, 0.25) is 5.91 Å². The number of carbonyl (C=O) groups excluding carboxylic acids is 1. The topological polar surface area (TPSA) is 29.1 Å². The summed E-state index contributed by atoms with van der Waals surface area (Å²) in [4.78, 5) is 11.8. The second-order valence-corrected chi connectivity index (χ2v) is 5.72. The van der Waals surface area contributed by atoms with Gasteiger partial charge in [0.05, 0.1) is 5.56 Å². The van der Waals surface area contributed by atoms with Crippen molar-refractivity contribution in [3.8, 4) is 0 Å². The molecule has 0 aromatic heterocycles. The van der Waals surface area contributed by atoms with Crippen LogP contribution < -0.4 is 5.32 Å². The highest BCUT2D eigenvalue weighted by Crippen LogP contribution is 2.30. The number of nitrogens with one attached hydrogen (secondary N) is 1. The Kier molecular flexibility index (Phi) is 5.44. The zero-order valence-electron chi connectivity index (χ0n) is 13.4. The van der Waals surface area contributed by atoms with Crippen molar-refractivity contribution in [2.75, 3.05) is 5.32 Å². The number of rotatable bonds is 4. The van der Waals surface area contributed by atoms with Crippen LogP contribution in [0.3, 0.4) is 0 Å². The van der Waals surface area contributed by atoms with Gasteiger partial charge in [-0.1, -0.05) is 44.2 Å². The lowest BCUT2D eigenvalue weighted by molar-refractivity contribution is -0.137. The molecule has 1 amide bonds. The standard InChI is InChI=1S/C19H18F3NO/c1-13(2)15-9-6-14(7-10-15)8-11-18(24)23-17-5-3-4-16(12-17)19(20,21)22/h3-13H,1-2H3,(H,23,24)/b11-8+. The smallest absolute Gasteiger partial charge is 0.322 e. The van der Waals surface area contributed by atoms with E-state index >= 15 is 0 Å². The molecule has 126 valence electrons. The minimum Gasteiger partial charge on any atom is -0.322 e. The quantitative estimate of drug-likeness (QED) is 0.738. The fourth-order valence-electron chi connectivity index (χ4n) is 2.12. The van der Waals surface area contributed by atoms with Crippen molar-refractivity contribution < 1.29 is 18.0 Å². The molecule has 0 heterocycles. The van der Waals surface area contributed by atoms with Gasteiger partial charge in [-0.15, -0.1) is 0 Å². The Morgan fingerprint density at radius 3 is 2.33 bits per heavy atom. The molecule has 2 nitrogen and oxygen atoms in total.